The molecule has 0 unspecified atom stereocenters. The summed E-state index contributed by atoms with van der Waals surface area (Å²) in [6.45, 7) is 3.89. The van der Waals surface area contributed by atoms with Crippen LogP contribution in [0.3, 0.4) is 0 Å². The molecule has 2 rings (SSSR count). The molecular formula is C13H12N2O2S2. The number of aromatic nitrogens is 1. The third-order valence-electron chi connectivity index (χ3n) is 2.60. The summed E-state index contributed by atoms with van der Waals surface area (Å²) in [5.74, 6) is -0.406. The summed E-state index contributed by atoms with van der Waals surface area (Å²) >= 11 is 6.02. The molecule has 0 atom stereocenters. The van der Waals surface area contributed by atoms with Crippen LogP contribution in [0, 0.1) is 13.8 Å². The molecule has 2 aromatic rings. The molecule has 0 bridgehead atoms. The lowest BCUT2D eigenvalue weighted by Crippen LogP contribution is -1.98. The van der Waals surface area contributed by atoms with Crippen molar-refractivity contribution in [1.29, 1.82) is 0 Å². The Labute approximate surface area is 120 Å². The van der Waals surface area contributed by atoms with Gasteiger partial charge >= 0.3 is 5.97 Å². The van der Waals surface area contributed by atoms with Gasteiger partial charge in [-0.05, 0) is 25.5 Å². The first-order valence-electron chi connectivity index (χ1n) is 5.55. The van der Waals surface area contributed by atoms with E-state index in [9.17, 15) is 4.79 Å². The summed E-state index contributed by atoms with van der Waals surface area (Å²) < 4.78 is 4.79. The Morgan fingerprint density at radius 1 is 1.53 bits per heavy atom. The standard InChI is InChI=1S/C13H12N2O2S2/c1-7-6-8(2)15-12-9(7)10(14-4-5-18)11(19-12)13(16)17-3/h4-6H,1-3H3. The van der Waals surface area contributed by atoms with Crippen molar-refractivity contribution in [3.05, 3.63) is 22.2 Å². The number of thiophene rings is 1. The Morgan fingerprint density at radius 2 is 2.26 bits per heavy atom. The molecule has 2 heterocycles. The van der Waals surface area contributed by atoms with Crippen LogP contribution in [0.2, 0.25) is 0 Å². The van der Waals surface area contributed by atoms with E-state index < -0.39 is 5.97 Å². The van der Waals surface area contributed by atoms with Crippen LogP contribution in [0.5, 0.6) is 0 Å². The molecular weight excluding hydrogens is 280 g/mol. The highest BCUT2D eigenvalue weighted by Gasteiger charge is 2.20. The van der Waals surface area contributed by atoms with Gasteiger partial charge in [-0.3, -0.25) is 4.99 Å². The van der Waals surface area contributed by atoms with Crippen LogP contribution >= 0.6 is 23.6 Å². The normalized spacial score (nSPS) is 11.1. The predicted molar refractivity (Wildman–Crippen MR) is 82.2 cm³/mol. The second kappa shape index (κ2) is 5.54. The lowest BCUT2D eigenvalue weighted by atomic mass is 10.1. The Balaban J connectivity index is 2.81. The number of esters is 1. The third kappa shape index (κ3) is 2.54. The lowest BCUT2D eigenvalue weighted by Gasteiger charge is -2.00. The Hall–Kier alpha value is -1.66. The predicted octanol–water partition coefficient (Wildman–Crippen LogP) is 3.40. The monoisotopic (exact) mass is 292 g/mol. The van der Waals surface area contributed by atoms with Gasteiger partial charge in [0, 0.05) is 22.7 Å². The van der Waals surface area contributed by atoms with Crippen LogP contribution < -0.4 is 0 Å². The smallest absolute Gasteiger partial charge is 0.350 e. The van der Waals surface area contributed by atoms with E-state index in [4.69, 9.17) is 17.0 Å². The molecule has 0 radical (unpaired) electrons. The van der Waals surface area contributed by atoms with E-state index in [-0.39, 0.29) is 0 Å². The van der Waals surface area contributed by atoms with Gasteiger partial charge in [0.25, 0.3) is 0 Å². The highest BCUT2D eigenvalue weighted by atomic mass is 32.1. The number of ether oxygens (including phenoxy) is 1. The number of hydrogen-bond acceptors (Lipinski definition) is 6. The number of aryl methyl sites for hydroxylation is 2. The van der Waals surface area contributed by atoms with Crippen LogP contribution in [0.1, 0.15) is 20.9 Å². The first-order valence-corrected chi connectivity index (χ1v) is 6.84. The van der Waals surface area contributed by atoms with Crippen molar-refractivity contribution in [3.63, 3.8) is 0 Å². The van der Waals surface area contributed by atoms with Crippen molar-refractivity contribution in [2.75, 3.05) is 7.11 Å². The summed E-state index contributed by atoms with van der Waals surface area (Å²) in [7, 11) is 1.35. The maximum Gasteiger partial charge on any atom is 0.350 e. The van der Waals surface area contributed by atoms with Gasteiger partial charge in [-0.25, -0.2) is 9.78 Å². The van der Waals surface area contributed by atoms with Crippen LogP contribution in [0.4, 0.5) is 5.69 Å². The number of rotatable bonds is 3. The maximum absolute atomic E-state index is 11.8. The molecule has 0 saturated carbocycles. The zero-order valence-electron chi connectivity index (χ0n) is 10.8. The molecule has 98 valence electrons. The summed E-state index contributed by atoms with van der Waals surface area (Å²) in [5.41, 5.74) is 2.52. The minimum Gasteiger partial charge on any atom is -0.465 e. The zero-order chi connectivity index (χ0) is 14.0. The molecule has 0 aromatic carbocycles. The fourth-order valence-corrected chi connectivity index (χ4v) is 3.10. The lowest BCUT2D eigenvalue weighted by molar-refractivity contribution is 0.0607. The van der Waals surface area contributed by atoms with Gasteiger partial charge in [-0.2, -0.15) is 0 Å². The topological polar surface area (TPSA) is 51.5 Å². The molecule has 4 nitrogen and oxygen atoms in total. The second-order valence-corrected chi connectivity index (χ2v) is 5.22. The van der Waals surface area contributed by atoms with Crippen molar-refractivity contribution in [1.82, 2.24) is 4.98 Å². The number of hydrogen-bond donors (Lipinski definition) is 0. The average Bonchev–Trinajstić information content (AvgIpc) is 2.73. The minimum atomic E-state index is -0.406. The van der Waals surface area contributed by atoms with Crippen molar-refractivity contribution in [2.24, 2.45) is 4.99 Å². The second-order valence-electron chi connectivity index (χ2n) is 3.95. The number of nitrogens with zero attached hydrogens (tertiary/aromatic N) is 2. The number of methoxy groups -OCH3 is 1. The number of pyridine rings is 1. The van der Waals surface area contributed by atoms with Gasteiger partial charge in [-0.15, -0.1) is 11.3 Å². The van der Waals surface area contributed by atoms with Crippen molar-refractivity contribution >= 4 is 57.0 Å². The van der Waals surface area contributed by atoms with Gasteiger partial charge < -0.3 is 4.74 Å². The fraction of sp³-hybridized carbons (Fsp3) is 0.231. The molecule has 0 N–H and O–H groups in total. The molecule has 0 aliphatic carbocycles. The third-order valence-corrected chi connectivity index (χ3v) is 3.77. The summed E-state index contributed by atoms with van der Waals surface area (Å²) in [5, 5.41) is 2.28. The van der Waals surface area contributed by atoms with Gasteiger partial charge in [0.1, 0.15) is 9.71 Å². The SMILES string of the molecule is COC(=O)c1sc2nc(C)cc(C)c2c1N=CC=S. The highest BCUT2D eigenvalue weighted by Crippen LogP contribution is 2.39. The number of carbonyl (C=O) groups is 1. The molecule has 0 aliphatic heterocycles. The summed E-state index contributed by atoms with van der Waals surface area (Å²) in [4.78, 5) is 21.8. The van der Waals surface area contributed by atoms with Gasteiger partial charge in [0.05, 0.1) is 12.8 Å². The minimum absolute atomic E-state index is 0.406. The van der Waals surface area contributed by atoms with E-state index in [1.165, 1.54) is 30.0 Å². The number of carbonyl (C=O) groups excluding carboxylic acids is 1. The van der Waals surface area contributed by atoms with Crippen LogP contribution in [-0.4, -0.2) is 29.6 Å². The zero-order valence-corrected chi connectivity index (χ0v) is 12.4. The Morgan fingerprint density at radius 3 is 2.89 bits per heavy atom. The van der Waals surface area contributed by atoms with E-state index in [0.29, 0.717) is 10.6 Å². The molecule has 0 amide bonds. The molecule has 6 heteroatoms. The van der Waals surface area contributed by atoms with E-state index >= 15 is 0 Å². The molecule has 2 aromatic heterocycles. The van der Waals surface area contributed by atoms with E-state index in [1.54, 1.807) is 0 Å². The summed E-state index contributed by atoms with van der Waals surface area (Å²) in [6.07, 6.45) is 1.49. The highest BCUT2D eigenvalue weighted by molar-refractivity contribution is 7.80. The molecule has 0 spiro atoms. The van der Waals surface area contributed by atoms with Crippen LogP contribution in [0.15, 0.2) is 11.1 Å². The number of fused-ring (bicyclic) bond motifs is 1. The maximum atomic E-state index is 11.8. The largest absolute Gasteiger partial charge is 0.465 e. The van der Waals surface area contributed by atoms with Gasteiger partial charge in [0.15, 0.2) is 0 Å². The quantitative estimate of drug-likeness (QED) is 0.494. The van der Waals surface area contributed by atoms with Crippen LogP contribution in [-0.2, 0) is 4.74 Å². The number of aliphatic imine (C=N–C) groups is 1. The first kappa shape index (κ1) is 13.8. The Bertz CT molecular complexity index is 689. The fourth-order valence-electron chi connectivity index (χ4n) is 1.88. The van der Waals surface area contributed by atoms with E-state index in [0.717, 1.165) is 21.5 Å². The van der Waals surface area contributed by atoms with Crippen molar-refractivity contribution < 1.29 is 9.53 Å². The first-order chi connectivity index (χ1) is 9.08. The van der Waals surface area contributed by atoms with E-state index in [1.807, 2.05) is 19.9 Å². The molecule has 0 aliphatic rings. The number of thiocarbonyl (C=S) groups is 1. The van der Waals surface area contributed by atoms with E-state index in [2.05, 4.69) is 9.98 Å². The van der Waals surface area contributed by atoms with Crippen molar-refractivity contribution in [3.8, 4) is 0 Å². The average molecular weight is 292 g/mol. The van der Waals surface area contributed by atoms with Gasteiger partial charge in [0.2, 0.25) is 0 Å². The van der Waals surface area contributed by atoms with Crippen LogP contribution in [0.25, 0.3) is 10.2 Å². The van der Waals surface area contributed by atoms with Crippen molar-refractivity contribution in [2.45, 2.75) is 13.8 Å². The Kier molecular flexibility index (Phi) is 4.01. The molecule has 19 heavy (non-hydrogen) atoms. The summed E-state index contributed by atoms with van der Waals surface area (Å²) in [6, 6.07) is 1.96. The molecule has 0 saturated heterocycles. The van der Waals surface area contributed by atoms with Gasteiger partial charge in [-0.1, -0.05) is 12.2 Å². The molecule has 0 fully saturated rings.